The average molecular weight is 301 g/mol. The zero-order valence-electron chi connectivity index (χ0n) is 11.7. The fourth-order valence-corrected chi connectivity index (χ4v) is 4.57. The maximum atomic E-state index is 13.4. The number of halogens is 1. The molecule has 0 amide bonds. The fourth-order valence-electron chi connectivity index (χ4n) is 2.70. The fraction of sp³-hybridized carbons (Fsp3) is 0.571. The summed E-state index contributed by atoms with van der Waals surface area (Å²) in [6.07, 6.45) is 1.55. The Hall–Kier alpha value is -0.980. The van der Waals surface area contributed by atoms with Gasteiger partial charge in [0, 0.05) is 6.54 Å². The molecule has 1 aromatic rings. The predicted molar refractivity (Wildman–Crippen MR) is 74.3 cm³/mol. The quantitative estimate of drug-likeness (QED) is 0.929. The molecule has 0 saturated carbocycles. The van der Waals surface area contributed by atoms with Crippen LogP contribution in [0.25, 0.3) is 0 Å². The largest absolute Gasteiger partial charge is 0.392 e. The first kappa shape index (κ1) is 15.4. The Morgan fingerprint density at radius 3 is 2.65 bits per heavy atom. The Balaban J connectivity index is 2.42. The molecule has 1 N–H and O–H groups in total. The van der Waals surface area contributed by atoms with Crippen LogP contribution >= 0.6 is 0 Å². The Kier molecular flexibility index (Phi) is 4.46. The van der Waals surface area contributed by atoms with Crippen LogP contribution in [-0.4, -0.2) is 36.5 Å². The molecule has 20 heavy (non-hydrogen) atoms. The van der Waals surface area contributed by atoms with Gasteiger partial charge in [-0.15, -0.1) is 0 Å². The van der Waals surface area contributed by atoms with E-state index >= 15 is 0 Å². The van der Waals surface area contributed by atoms with Gasteiger partial charge in [0.2, 0.25) is 10.0 Å². The first-order chi connectivity index (χ1) is 9.32. The summed E-state index contributed by atoms with van der Waals surface area (Å²) in [5.74, 6) is -0.561. The standard InChI is InChI=1S/C14H20FNO3S/c1-10-7-12(15)9-13(8-10)20(18,19)16-6-4-3-5-14(16)11(2)17/h7-9,11,14,17H,3-6H2,1-2H3/t11-,14-/m1/s1. The number of aliphatic hydroxyl groups is 1. The summed E-state index contributed by atoms with van der Waals surface area (Å²) in [5.41, 5.74) is 0.564. The molecular formula is C14H20FNO3S. The van der Waals surface area contributed by atoms with Gasteiger partial charge in [-0.2, -0.15) is 4.31 Å². The number of aryl methyl sites for hydroxylation is 1. The molecule has 0 bridgehead atoms. The number of nitrogens with zero attached hydrogens (tertiary/aromatic N) is 1. The van der Waals surface area contributed by atoms with Crippen LogP contribution in [0.5, 0.6) is 0 Å². The number of benzene rings is 1. The molecule has 1 heterocycles. The molecule has 0 spiro atoms. The summed E-state index contributed by atoms with van der Waals surface area (Å²) in [6, 6.07) is 3.36. The highest BCUT2D eigenvalue weighted by molar-refractivity contribution is 7.89. The van der Waals surface area contributed by atoms with Crippen molar-refractivity contribution in [1.82, 2.24) is 4.31 Å². The van der Waals surface area contributed by atoms with Gasteiger partial charge >= 0.3 is 0 Å². The second-order valence-electron chi connectivity index (χ2n) is 5.38. The topological polar surface area (TPSA) is 57.6 Å². The normalized spacial score (nSPS) is 22.7. The molecule has 6 heteroatoms. The molecule has 0 aliphatic carbocycles. The van der Waals surface area contributed by atoms with Crippen LogP contribution in [0.4, 0.5) is 4.39 Å². The third kappa shape index (κ3) is 3.02. The smallest absolute Gasteiger partial charge is 0.243 e. The summed E-state index contributed by atoms with van der Waals surface area (Å²) < 4.78 is 40.1. The van der Waals surface area contributed by atoms with Crippen molar-refractivity contribution in [2.24, 2.45) is 0 Å². The van der Waals surface area contributed by atoms with Crippen LogP contribution in [0.2, 0.25) is 0 Å². The number of sulfonamides is 1. The van der Waals surface area contributed by atoms with Gasteiger partial charge in [0.1, 0.15) is 5.82 Å². The Morgan fingerprint density at radius 2 is 2.05 bits per heavy atom. The summed E-state index contributed by atoms with van der Waals surface area (Å²) in [6.45, 7) is 3.62. The molecule has 0 aromatic heterocycles. The van der Waals surface area contributed by atoms with E-state index < -0.39 is 28.0 Å². The third-order valence-corrected chi connectivity index (χ3v) is 5.58. The van der Waals surface area contributed by atoms with E-state index in [1.807, 2.05) is 0 Å². The van der Waals surface area contributed by atoms with Gasteiger partial charge in [-0.1, -0.05) is 6.42 Å². The minimum absolute atomic E-state index is 0.0393. The maximum absolute atomic E-state index is 13.4. The summed E-state index contributed by atoms with van der Waals surface area (Å²) in [7, 11) is -3.77. The van der Waals surface area contributed by atoms with Gasteiger partial charge in [-0.05, 0) is 50.5 Å². The molecule has 1 fully saturated rings. The van der Waals surface area contributed by atoms with Gasteiger partial charge in [0.25, 0.3) is 0 Å². The van der Waals surface area contributed by atoms with Crippen LogP contribution < -0.4 is 0 Å². The van der Waals surface area contributed by atoms with Gasteiger partial charge in [-0.25, -0.2) is 12.8 Å². The second-order valence-corrected chi connectivity index (χ2v) is 7.27. The number of rotatable bonds is 3. The van der Waals surface area contributed by atoms with Crippen molar-refractivity contribution in [3.63, 3.8) is 0 Å². The van der Waals surface area contributed by atoms with E-state index in [2.05, 4.69) is 0 Å². The SMILES string of the molecule is Cc1cc(F)cc(S(=O)(=O)N2CCCC[C@@H]2[C@@H](C)O)c1. The van der Waals surface area contributed by atoms with E-state index in [1.54, 1.807) is 13.8 Å². The minimum Gasteiger partial charge on any atom is -0.392 e. The van der Waals surface area contributed by atoms with Gasteiger partial charge in [0.15, 0.2) is 0 Å². The zero-order valence-corrected chi connectivity index (χ0v) is 12.5. The van der Waals surface area contributed by atoms with Gasteiger partial charge in [0.05, 0.1) is 17.0 Å². The number of hydrogen-bond acceptors (Lipinski definition) is 3. The maximum Gasteiger partial charge on any atom is 0.243 e. The molecule has 1 aliphatic heterocycles. The van der Waals surface area contributed by atoms with Crippen LogP contribution in [0, 0.1) is 12.7 Å². The van der Waals surface area contributed by atoms with Crippen molar-refractivity contribution in [2.45, 2.75) is 50.2 Å². The van der Waals surface area contributed by atoms with Gasteiger partial charge < -0.3 is 5.11 Å². The lowest BCUT2D eigenvalue weighted by molar-refractivity contribution is 0.0831. The van der Waals surface area contributed by atoms with Crippen molar-refractivity contribution >= 4 is 10.0 Å². The molecule has 2 rings (SSSR count). The van der Waals surface area contributed by atoms with E-state index in [0.29, 0.717) is 18.5 Å². The van der Waals surface area contributed by atoms with Crippen molar-refractivity contribution < 1.29 is 17.9 Å². The van der Waals surface area contributed by atoms with Crippen molar-refractivity contribution in [3.8, 4) is 0 Å². The highest BCUT2D eigenvalue weighted by atomic mass is 32.2. The summed E-state index contributed by atoms with van der Waals surface area (Å²) in [5, 5.41) is 9.79. The first-order valence-corrected chi connectivity index (χ1v) is 8.23. The zero-order chi connectivity index (χ0) is 14.9. The van der Waals surface area contributed by atoms with Crippen LogP contribution in [0.15, 0.2) is 23.1 Å². The molecule has 1 saturated heterocycles. The van der Waals surface area contributed by atoms with Crippen molar-refractivity contribution in [1.29, 1.82) is 0 Å². The Labute approximate surface area is 119 Å². The van der Waals surface area contributed by atoms with E-state index in [9.17, 15) is 17.9 Å². The van der Waals surface area contributed by atoms with Gasteiger partial charge in [-0.3, -0.25) is 0 Å². The Morgan fingerprint density at radius 1 is 1.35 bits per heavy atom. The molecule has 0 radical (unpaired) electrons. The lowest BCUT2D eigenvalue weighted by Crippen LogP contribution is -2.48. The van der Waals surface area contributed by atoms with E-state index in [0.717, 1.165) is 18.9 Å². The number of hydrogen-bond donors (Lipinski definition) is 1. The molecule has 0 unspecified atom stereocenters. The van der Waals surface area contributed by atoms with E-state index in [1.165, 1.54) is 16.4 Å². The molecular weight excluding hydrogens is 281 g/mol. The van der Waals surface area contributed by atoms with E-state index in [-0.39, 0.29) is 4.90 Å². The second kappa shape index (κ2) is 5.79. The Bertz CT molecular complexity index is 566. The lowest BCUT2D eigenvalue weighted by atomic mass is 10.0. The molecule has 4 nitrogen and oxygen atoms in total. The first-order valence-electron chi connectivity index (χ1n) is 6.79. The van der Waals surface area contributed by atoms with E-state index in [4.69, 9.17) is 0 Å². The summed E-state index contributed by atoms with van der Waals surface area (Å²) >= 11 is 0. The molecule has 2 atom stereocenters. The highest BCUT2D eigenvalue weighted by Gasteiger charge is 2.36. The predicted octanol–water partition coefficient (Wildman–Crippen LogP) is 2.06. The van der Waals surface area contributed by atoms with Crippen LogP contribution in [-0.2, 0) is 10.0 Å². The average Bonchev–Trinajstić information content (AvgIpc) is 2.37. The van der Waals surface area contributed by atoms with Crippen LogP contribution in [0.3, 0.4) is 0 Å². The van der Waals surface area contributed by atoms with Crippen molar-refractivity contribution in [3.05, 3.63) is 29.6 Å². The minimum atomic E-state index is -3.77. The molecule has 1 aromatic carbocycles. The number of aliphatic hydroxyl groups excluding tert-OH is 1. The van der Waals surface area contributed by atoms with Crippen LogP contribution in [0.1, 0.15) is 31.7 Å². The number of piperidine rings is 1. The third-order valence-electron chi connectivity index (χ3n) is 3.68. The van der Waals surface area contributed by atoms with Crippen molar-refractivity contribution in [2.75, 3.05) is 6.54 Å². The monoisotopic (exact) mass is 301 g/mol. The molecule has 112 valence electrons. The lowest BCUT2D eigenvalue weighted by Gasteiger charge is -2.36. The highest BCUT2D eigenvalue weighted by Crippen LogP contribution is 2.27. The summed E-state index contributed by atoms with van der Waals surface area (Å²) in [4.78, 5) is -0.0393. The molecule has 1 aliphatic rings.